The molecule has 0 aliphatic heterocycles. The summed E-state index contributed by atoms with van der Waals surface area (Å²) in [6, 6.07) is 13.0. The lowest BCUT2D eigenvalue weighted by atomic mass is 10.2. The van der Waals surface area contributed by atoms with Gasteiger partial charge >= 0.3 is 11.9 Å². The predicted molar refractivity (Wildman–Crippen MR) is 126 cm³/mol. The number of hydrogen-bond donors (Lipinski definition) is 2. The maximum atomic E-state index is 13.2. The van der Waals surface area contributed by atoms with Gasteiger partial charge in [-0.1, -0.05) is 6.92 Å². The minimum Gasteiger partial charge on any atom is -0.479 e. The molecular formula is C25H23FN4O5. The fraction of sp³-hybridized carbons (Fsp3) is 0.200. The van der Waals surface area contributed by atoms with Crippen LogP contribution < -0.4 is 10.1 Å². The highest BCUT2D eigenvalue weighted by molar-refractivity contribution is 6.01. The number of anilines is 1. The molecule has 0 radical (unpaired) electrons. The first-order chi connectivity index (χ1) is 16.8. The van der Waals surface area contributed by atoms with Gasteiger partial charge in [-0.05, 0) is 61.9 Å². The van der Waals surface area contributed by atoms with Gasteiger partial charge in [-0.25, -0.2) is 23.6 Å². The molecule has 4 aromatic rings. The molecule has 2 N–H and O–H groups in total. The molecule has 10 heteroatoms. The van der Waals surface area contributed by atoms with E-state index in [1.165, 1.54) is 18.3 Å². The monoisotopic (exact) mass is 478 g/mol. The van der Waals surface area contributed by atoms with Crippen molar-refractivity contribution >= 4 is 28.5 Å². The molecular weight excluding hydrogens is 455 g/mol. The minimum absolute atomic E-state index is 0.273. The van der Waals surface area contributed by atoms with Crippen LogP contribution in [0.3, 0.4) is 0 Å². The van der Waals surface area contributed by atoms with Crippen LogP contribution in [0.1, 0.15) is 20.3 Å². The summed E-state index contributed by atoms with van der Waals surface area (Å²) in [7, 11) is 0. The molecule has 0 fully saturated rings. The second-order valence-corrected chi connectivity index (χ2v) is 7.81. The van der Waals surface area contributed by atoms with E-state index in [2.05, 4.69) is 15.4 Å². The van der Waals surface area contributed by atoms with Crippen LogP contribution in [-0.2, 0) is 14.3 Å². The quantitative estimate of drug-likeness (QED) is 0.266. The molecule has 0 amide bonds. The van der Waals surface area contributed by atoms with Crippen LogP contribution >= 0.6 is 0 Å². The predicted octanol–water partition coefficient (Wildman–Crippen LogP) is 4.56. The summed E-state index contributed by atoms with van der Waals surface area (Å²) in [4.78, 5) is 27.8. The molecule has 2 heterocycles. The summed E-state index contributed by atoms with van der Waals surface area (Å²) in [6.07, 6.45) is 3.23. The Morgan fingerprint density at radius 3 is 2.54 bits per heavy atom. The maximum absolute atomic E-state index is 13.2. The van der Waals surface area contributed by atoms with Crippen LogP contribution in [0, 0.1) is 5.82 Å². The fourth-order valence-corrected chi connectivity index (χ4v) is 3.25. The highest BCUT2D eigenvalue weighted by atomic mass is 19.1. The van der Waals surface area contributed by atoms with Gasteiger partial charge < -0.3 is 19.9 Å². The number of nitrogens with one attached hydrogen (secondary N) is 1. The van der Waals surface area contributed by atoms with Crippen LogP contribution in [0.25, 0.3) is 16.6 Å². The summed E-state index contributed by atoms with van der Waals surface area (Å²) in [6.45, 7) is 3.52. The van der Waals surface area contributed by atoms with Gasteiger partial charge in [0.15, 0.2) is 0 Å². The first-order valence-electron chi connectivity index (χ1n) is 10.9. The Kier molecular flexibility index (Phi) is 6.91. The van der Waals surface area contributed by atoms with Gasteiger partial charge in [0.1, 0.15) is 11.6 Å². The Morgan fingerprint density at radius 1 is 1.11 bits per heavy atom. The Hall–Kier alpha value is -4.47. The van der Waals surface area contributed by atoms with E-state index in [1.807, 2.05) is 13.0 Å². The van der Waals surface area contributed by atoms with Crippen molar-refractivity contribution in [1.29, 1.82) is 0 Å². The van der Waals surface area contributed by atoms with E-state index in [-0.39, 0.29) is 17.8 Å². The van der Waals surface area contributed by atoms with Crippen LogP contribution in [0.4, 0.5) is 10.1 Å². The molecule has 0 aliphatic carbocycles. The molecule has 180 valence electrons. The summed E-state index contributed by atoms with van der Waals surface area (Å²) in [5.41, 5.74) is 1.87. The first-order valence-corrected chi connectivity index (χ1v) is 10.9. The first kappa shape index (κ1) is 23.7. The van der Waals surface area contributed by atoms with E-state index in [9.17, 15) is 19.1 Å². The number of nitrogens with zero attached hydrogens (tertiary/aromatic N) is 3. The molecule has 35 heavy (non-hydrogen) atoms. The van der Waals surface area contributed by atoms with Gasteiger partial charge in [-0.2, -0.15) is 5.10 Å². The zero-order valence-corrected chi connectivity index (χ0v) is 19.0. The number of fused-ring (bicyclic) bond motifs is 1. The van der Waals surface area contributed by atoms with Gasteiger partial charge in [-0.3, -0.25) is 0 Å². The van der Waals surface area contributed by atoms with Crippen LogP contribution in [0.2, 0.25) is 0 Å². The summed E-state index contributed by atoms with van der Waals surface area (Å²) in [5.74, 6) is -1.76. The second kappa shape index (κ2) is 10.2. The smallest absolute Gasteiger partial charge is 0.340 e. The van der Waals surface area contributed by atoms with Gasteiger partial charge in [0.05, 0.1) is 35.4 Å². The normalized spacial score (nSPS) is 12.7. The van der Waals surface area contributed by atoms with E-state index < -0.39 is 18.0 Å². The van der Waals surface area contributed by atoms with Crippen LogP contribution in [-0.4, -0.2) is 44.0 Å². The number of aliphatic carboxylic acids is 1. The van der Waals surface area contributed by atoms with E-state index in [1.54, 1.807) is 54.2 Å². The average Bonchev–Trinajstić information content (AvgIpc) is 3.27. The number of esters is 1. The SMILES string of the molecule is CCC(C)OC(=O)C(Nc1ccc(Oc2ccc3c(cnn3-c3ccc(F)cc3)c2)nc1)C(=O)O. The van der Waals surface area contributed by atoms with Gasteiger partial charge in [0.2, 0.25) is 11.9 Å². The average molecular weight is 478 g/mol. The highest BCUT2D eigenvalue weighted by Gasteiger charge is 2.29. The highest BCUT2D eigenvalue weighted by Crippen LogP contribution is 2.27. The van der Waals surface area contributed by atoms with Crippen molar-refractivity contribution in [1.82, 2.24) is 14.8 Å². The van der Waals surface area contributed by atoms with E-state index in [0.717, 1.165) is 16.6 Å². The minimum atomic E-state index is -1.56. The van der Waals surface area contributed by atoms with Crippen LogP contribution in [0.15, 0.2) is 67.0 Å². The third-order valence-corrected chi connectivity index (χ3v) is 5.26. The number of carboxylic acid groups (broad SMARTS) is 1. The number of ether oxygens (including phenoxy) is 2. The number of hydrogen-bond acceptors (Lipinski definition) is 7. The molecule has 0 saturated heterocycles. The van der Waals surface area contributed by atoms with Crippen molar-refractivity contribution in [2.75, 3.05) is 5.32 Å². The summed E-state index contributed by atoms with van der Waals surface area (Å²) >= 11 is 0. The van der Waals surface area contributed by atoms with E-state index in [4.69, 9.17) is 9.47 Å². The number of carbonyl (C=O) groups excluding carboxylic acids is 1. The van der Waals surface area contributed by atoms with E-state index in [0.29, 0.717) is 17.9 Å². The molecule has 0 bridgehead atoms. The van der Waals surface area contributed by atoms with Crippen molar-refractivity contribution in [3.8, 4) is 17.3 Å². The molecule has 0 saturated carbocycles. The summed E-state index contributed by atoms with van der Waals surface area (Å²) < 4.78 is 25.8. The van der Waals surface area contributed by atoms with E-state index >= 15 is 0 Å². The Morgan fingerprint density at radius 2 is 1.89 bits per heavy atom. The lowest BCUT2D eigenvalue weighted by Gasteiger charge is -2.17. The Labute approximate surface area is 200 Å². The van der Waals surface area contributed by atoms with Crippen molar-refractivity contribution in [3.63, 3.8) is 0 Å². The number of halogens is 1. The Bertz CT molecular complexity index is 1340. The number of pyridine rings is 1. The van der Waals surface area contributed by atoms with Crippen LogP contribution in [0.5, 0.6) is 11.6 Å². The Balaban J connectivity index is 1.45. The van der Waals surface area contributed by atoms with Gasteiger partial charge in [0, 0.05) is 11.5 Å². The molecule has 4 rings (SSSR count). The van der Waals surface area contributed by atoms with Crippen molar-refractivity contribution in [2.24, 2.45) is 0 Å². The van der Waals surface area contributed by atoms with Crippen molar-refractivity contribution in [2.45, 2.75) is 32.4 Å². The number of carbonyl (C=O) groups is 2. The lowest BCUT2D eigenvalue weighted by Crippen LogP contribution is -2.40. The molecule has 2 unspecified atom stereocenters. The zero-order chi connectivity index (χ0) is 24.9. The molecule has 9 nitrogen and oxygen atoms in total. The number of rotatable bonds is 9. The molecule has 2 aromatic carbocycles. The number of aromatic nitrogens is 3. The van der Waals surface area contributed by atoms with Crippen molar-refractivity contribution in [3.05, 3.63) is 72.8 Å². The third kappa shape index (κ3) is 5.55. The topological polar surface area (TPSA) is 116 Å². The number of carboxylic acids is 1. The third-order valence-electron chi connectivity index (χ3n) is 5.26. The van der Waals surface area contributed by atoms with Gasteiger partial charge in [0.25, 0.3) is 0 Å². The molecule has 0 aliphatic rings. The summed E-state index contributed by atoms with van der Waals surface area (Å²) in [5, 5.41) is 17.2. The molecule has 2 aromatic heterocycles. The largest absolute Gasteiger partial charge is 0.479 e. The fourth-order valence-electron chi connectivity index (χ4n) is 3.25. The number of benzene rings is 2. The van der Waals surface area contributed by atoms with Gasteiger partial charge in [-0.15, -0.1) is 0 Å². The zero-order valence-electron chi connectivity index (χ0n) is 19.0. The standard InChI is InChI=1S/C25H23FN4O5/c1-3-15(2)34-25(33)23(24(31)32)29-18-6-11-22(27-14-18)35-20-9-10-21-16(12-20)13-28-30(21)19-7-4-17(26)5-8-19/h4-15,23,29H,3H2,1-2H3,(H,31,32). The van der Waals surface area contributed by atoms with Crippen molar-refractivity contribution < 1.29 is 28.6 Å². The lowest BCUT2D eigenvalue weighted by molar-refractivity contribution is -0.156. The second-order valence-electron chi connectivity index (χ2n) is 7.81. The molecule has 0 spiro atoms. The maximum Gasteiger partial charge on any atom is 0.340 e. The molecule has 2 atom stereocenters.